The fraction of sp³-hybridized carbons (Fsp3) is 0.500. The molecule has 2 N–H and O–H groups in total. The molecule has 4 heteroatoms. The molecule has 0 aliphatic carbocycles. The van der Waals surface area contributed by atoms with Crippen molar-refractivity contribution in [3.05, 3.63) is 28.2 Å². The predicted molar refractivity (Wildman–Crippen MR) is 85.3 cm³/mol. The van der Waals surface area contributed by atoms with Crippen LogP contribution in [0.5, 0.6) is 0 Å². The van der Waals surface area contributed by atoms with Crippen molar-refractivity contribution in [3.63, 3.8) is 0 Å². The van der Waals surface area contributed by atoms with Gasteiger partial charge in [-0.2, -0.15) is 0 Å². The first kappa shape index (κ1) is 13.8. The molecule has 0 aromatic heterocycles. The summed E-state index contributed by atoms with van der Waals surface area (Å²) in [5.74, 6) is 0.815. The Balaban J connectivity index is 2.32. The van der Waals surface area contributed by atoms with Crippen LogP contribution in [0.2, 0.25) is 0 Å². The van der Waals surface area contributed by atoms with E-state index in [0.717, 1.165) is 29.0 Å². The number of benzene rings is 1. The summed E-state index contributed by atoms with van der Waals surface area (Å²) in [6, 6.07) is 6.17. The van der Waals surface area contributed by atoms with Crippen LogP contribution in [0.1, 0.15) is 31.7 Å². The standard InChI is InChI=1S/C14H19BrN2S/c1-10-4-3-8-17(9-7-10)12-6-2-5-11(15)13(12)14(16)18/h2,5-6,10H,3-4,7-9H2,1H3,(H2,16,18). The Kier molecular flexibility index (Phi) is 4.62. The molecule has 0 radical (unpaired) electrons. The lowest BCUT2D eigenvalue weighted by Crippen LogP contribution is -2.27. The van der Waals surface area contributed by atoms with E-state index in [4.69, 9.17) is 18.0 Å². The average molecular weight is 327 g/mol. The normalized spacial score (nSPS) is 20.6. The van der Waals surface area contributed by atoms with Crippen molar-refractivity contribution >= 4 is 38.8 Å². The van der Waals surface area contributed by atoms with Crippen molar-refractivity contribution in [1.82, 2.24) is 0 Å². The number of anilines is 1. The smallest absolute Gasteiger partial charge is 0.107 e. The third-order valence-corrected chi connectivity index (χ3v) is 4.46. The van der Waals surface area contributed by atoms with Crippen LogP contribution in [0, 0.1) is 5.92 Å². The lowest BCUT2D eigenvalue weighted by Gasteiger charge is -2.26. The Morgan fingerprint density at radius 3 is 2.89 bits per heavy atom. The molecule has 1 aromatic carbocycles. The molecule has 2 rings (SSSR count). The molecule has 0 bridgehead atoms. The second-order valence-corrected chi connectivity index (χ2v) is 6.32. The molecule has 1 unspecified atom stereocenters. The molecule has 0 amide bonds. The van der Waals surface area contributed by atoms with Gasteiger partial charge in [-0.05, 0) is 53.2 Å². The second kappa shape index (κ2) is 6.02. The minimum atomic E-state index is 0.467. The van der Waals surface area contributed by atoms with Gasteiger partial charge < -0.3 is 10.6 Å². The lowest BCUT2D eigenvalue weighted by molar-refractivity contribution is 0.521. The van der Waals surface area contributed by atoms with E-state index in [2.05, 4.69) is 39.9 Å². The number of nitrogens with zero attached hydrogens (tertiary/aromatic N) is 1. The van der Waals surface area contributed by atoms with E-state index in [-0.39, 0.29) is 0 Å². The highest BCUT2D eigenvalue weighted by Gasteiger charge is 2.18. The van der Waals surface area contributed by atoms with Gasteiger partial charge in [-0.3, -0.25) is 0 Å². The van der Waals surface area contributed by atoms with Gasteiger partial charge in [-0.15, -0.1) is 0 Å². The maximum Gasteiger partial charge on any atom is 0.107 e. The van der Waals surface area contributed by atoms with Crippen LogP contribution in [0.15, 0.2) is 22.7 Å². The topological polar surface area (TPSA) is 29.3 Å². The molecule has 1 atom stereocenters. The maximum atomic E-state index is 5.86. The Labute approximate surface area is 123 Å². The zero-order chi connectivity index (χ0) is 13.1. The van der Waals surface area contributed by atoms with Crippen molar-refractivity contribution in [2.45, 2.75) is 26.2 Å². The van der Waals surface area contributed by atoms with E-state index >= 15 is 0 Å². The van der Waals surface area contributed by atoms with Crippen molar-refractivity contribution in [3.8, 4) is 0 Å². The highest BCUT2D eigenvalue weighted by atomic mass is 79.9. The summed E-state index contributed by atoms with van der Waals surface area (Å²) in [4.78, 5) is 2.89. The molecule has 98 valence electrons. The van der Waals surface area contributed by atoms with Gasteiger partial charge in [0.15, 0.2) is 0 Å². The summed E-state index contributed by atoms with van der Waals surface area (Å²) in [6.45, 7) is 4.52. The molecule has 2 nitrogen and oxygen atoms in total. The minimum absolute atomic E-state index is 0.467. The third-order valence-electron chi connectivity index (χ3n) is 3.60. The van der Waals surface area contributed by atoms with Gasteiger partial charge in [-0.1, -0.05) is 25.2 Å². The van der Waals surface area contributed by atoms with Crippen LogP contribution in [0.3, 0.4) is 0 Å². The van der Waals surface area contributed by atoms with Crippen molar-refractivity contribution < 1.29 is 0 Å². The van der Waals surface area contributed by atoms with Crippen LogP contribution >= 0.6 is 28.1 Å². The van der Waals surface area contributed by atoms with E-state index in [9.17, 15) is 0 Å². The van der Waals surface area contributed by atoms with Gasteiger partial charge in [-0.25, -0.2) is 0 Å². The van der Waals surface area contributed by atoms with E-state index in [0.29, 0.717) is 4.99 Å². The molecule has 1 heterocycles. The molecule has 0 spiro atoms. The first-order valence-electron chi connectivity index (χ1n) is 6.43. The minimum Gasteiger partial charge on any atom is -0.389 e. The SMILES string of the molecule is CC1CCCN(c2cccc(Br)c2C(N)=S)CC1. The van der Waals surface area contributed by atoms with E-state index in [1.165, 1.54) is 24.9 Å². The Morgan fingerprint density at radius 1 is 1.39 bits per heavy atom. The third kappa shape index (κ3) is 3.04. The second-order valence-electron chi connectivity index (χ2n) is 5.02. The number of halogens is 1. The number of nitrogens with two attached hydrogens (primary N) is 1. The van der Waals surface area contributed by atoms with Gasteiger partial charge in [0, 0.05) is 28.8 Å². The molecule has 1 aliphatic rings. The van der Waals surface area contributed by atoms with Gasteiger partial charge in [0.1, 0.15) is 4.99 Å². The number of rotatable bonds is 2. The molecule has 1 aliphatic heterocycles. The number of hydrogen-bond donors (Lipinski definition) is 1. The van der Waals surface area contributed by atoms with E-state index in [1.807, 2.05) is 6.07 Å². The lowest BCUT2D eigenvalue weighted by atomic mass is 10.0. The molecular formula is C14H19BrN2S. The summed E-state index contributed by atoms with van der Waals surface area (Å²) < 4.78 is 0.991. The van der Waals surface area contributed by atoms with Crippen molar-refractivity contribution in [2.24, 2.45) is 11.7 Å². The van der Waals surface area contributed by atoms with E-state index in [1.54, 1.807) is 0 Å². The average Bonchev–Trinajstić information content (AvgIpc) is 2.53. The maximum absolute atomic E-state index is 5.86. The monoisotopic (exact) mass is 326 g/mol. The van der Waals surface area contributed by atoms with Gasteiger partial charge >= 0.3 is 0 Å². The van der Waals surface area contributed by atoms with Crippen LogP contribution < -0.4 is 10.6 Å². The summed E-state index contributed by atoms with van der Waals surface area (Å²) in [5.41, 5.74) is 8.01. The molecule has 0 saturated carbocycles. The Morgan fingerprint density at radius 2 is 2.17 bits per heavy atom. The van der Waals surface area contributed by atoms with Gasteiger partial charge in [0.2, 0.25) is 0 Å². The van der Waals surface area contributed by atoms with Crippen LogP contribution in [0.25, 0.3) is 0 Å². The quantitative estimate of drug-likeness (QED) is 0.840. The number of thiocarbonyl (C=S) groups is 1. The van der Waals surface area contributed by atoms with Crippen molar-refractivity contribution in [2.75, 3.05) is 18.0 Å². The Hall–Kier alpha value is -0.610. The highest BCUT2D eigenvalue weighted by Crippen LogP contribution is 2.30. The largest absolute Gasteiger partial charge is 0.389 e. The summed E-state index contributed by atoms with van der Waals surface area (Å²) in [6.07, 6.45) is 3.79. The molecule has 1 aromatic rings. The van der Waals surface area contributed by atoms with Crippen LogP contribution in [-0.2, 0) is 0 Å². The number of hydrogen-bond acceptors (Lipinski definition) is 2. The van der Waals surface area contributed by atoms with Crippen molar-refractivity contribution in [1.29, 1.82) is 0 Å². The molecular weight excluding hydrogens is 308 g/mol. The van der Waals surface area contributed by atoms with Crippen LogP contribution in [-0.4, -0.2) is 18.1 Å². The molecule has 1 fully saturated rings. The first-order valence-corrected chi connectivity index (χ1v) is 7.63. The summed E-state index contributed by atoms with van der Waals surface area (Å²) >= 11 is 8.74. The van der Waals surface area contributed by atoms with Gasteiger partial charge in [0.25, 0.3) is 0 Å². The summed E-state index contributed by atoms with van der Waals surface area (Å²) in [5, 5.41) is 0. The van der Waals surface area contributed by atoms with E-state index < -0.39 is 0 Å². The first-order chi connectivity index (χ1) is 8.59. The fourth-order valence-corrected chi connectivity index (χ4v) is 3.44. The van der Waals surface area contributed by atoms with Gasteiger partial charge in [0.05, 0.1) is 0 Å². The summed E-state index contributed by atoms with van der Waals surface area (Å²) in [7, 11) is 0. The predicted octanol–water partition coefficient (Wildman–Crippen LogP) is 3.71. The fourth-order valence-electron chi connectivity index (χ4n) is 2.52. The molecule has 1 saturated heterocycles. The highest BCUT2D eigenvalue weighted by molar-refractivity contribution is 9.10. The zero-order valence-electron chi connectivity index (χ0n) is 10.7. The van der Waals surface area contributed by atoms with Crippen LogP contribution in [0.4, 0.5) is 5.69 Å². The molecule has 18 heavy (non-hydrogen) atoms. The zero-order valence-corrected chi connectivity index (χ0v) is 13.1. The Bertz CT molecular complexity index is 447.